The van der Waals surface area contributed by atoms with E-state index in [-0.39, 0.29) is 72.9 Å². The summed E-state index contributed by atoms with van der Waals surface area (Å²) in [5.74, 6) is -1.46. The molecule has 0 fully saturated rings. The molecule has 4 aromatic rings. The zero-order valence-corrected chi connectivity index (χ0v) is 28.3. The Kier molecular flexibility index (Phi) is 12.6. The zero-order chi connectivity index (χ0) is 30.9. The summed E-state index contributed by atoms with van der Waals surface area (Å²) in [5.41, 5.74) is 0.292. The van der Waals surface area contributed by atoms with Crippen molar-refractivity contribution in [3.8, 4) is 11.5 Å². The first-order valence-corrected chi connectivity index (χ1v) is 15.6. The number of nitrogens with zero attached hydrogens (tertiary/aromatic N) is 6. The summed E-state index contributed by atoms with van der Waals surface area (Å²) in [6.45, 7) is 2.53. The third-order valence-corrected chi connectivity index (χ3v) is 9.16. The average molecular weight is 716 g/mol. The van der Waals surface area contributed by atoms with Gasteiger partial charge in [0.25, 0.3) is 8.68 Å². The van der Waals surface area contributed by atoms with Gasteiger partial charge in [-0.15, -0.1) is 31.9 Å². The molecule has 0 aliphatic carbocycles. The van der Waals surface area contributed by atoms with Gasteiger partial charge >= 0.3 is 39.5 Å². The molecular weight excluding hydrogens is 698 g/mol. The Bertz CT molecular complexity index is 1740. The molecule has 0 atom stereocenters. The van der Waals surface area contributed by atoms with Crippen molar-refractivity contribution in [1.29, 1.82) is 0 Å². The molecule has 21 heteroatoms. The monoisotopic (exact) mass is 714 g/mol. The van der Waals surface area contributed by atoms with Crippen molar-refractivity contribution in [3.05, 3.63) is 59.7 Å². The number of hydrogen-bond donors (Lipinski definition) is 2. The van der Waals surface area contributed by atoms with Crippen molar-refractivity contribution in [2.45, 2.75) is 22.5 Å². The molecule has 220 valence electrons. The molecule has 4 rings (SSSR count). The third kappa shape index (κ3) is 10.6. The van der Waals surface area contributed by atoms with Crippen molar-refractivity contribution >= 4 is 77.2 Å². The van der Waals surface area contributed by atoms with Crippen LogP contribution in [0.2, 0.25) is 0 Å². The Labute approximate surface area is 265 Å². The van der Waals surface area contributed by atoms with E-state index < -0.39 is 20.0 Å². The Balaban J connectivity index is 0.000000293. The minimum atomic E-state index is -4.07. The molecule has 2 aromatic carbocycles. The minimum absolute atomic E-state index is 0. The van der Waals surface area contributed by atoms with Crippen LogP contribution in [-0.2, 0) is 49.1 Å². The quantitative estimate of drug-likeness (QED) is 0.146. The van der Waals surface area contributed by atoms with Crippen LogP contribution in [0.3, 0.4) is 0 Å². The average Bonchev–Trinajstić information content (AvgIpc) is 3.58. The van der Waals surface area contributed by atoms with Gasteiger partial charge in [-0.3, -0.25) is 9.59 Å². The fourth-order valence-electron chi connectivity index (χ4n) is 2.55. The predicted octanol–water partition coefficient (Wildman–Crippen LogP) is 0.753. The first kappa shape index (κ1) is 35.2. The van der Waals surface area contributed by atoms with Crippen molar-refractivity contribution in [3.63, 3.8) is 0 Å². The SMILES string of the molecule is CC(=O)Nc1nnc(S(=O)(=O)/N=C/c2ccccc2[O-])s1.CC(=O)Nc1nnc(S(=O)(=O)/N=C/c2ccccc2[O-])s1.[Zn+2]. The summed E-state index contributed by atoms with van der Waals surface area (Å²) >= 11 is 1.35. The molecule has 0 unspecified atom stereocenters. The summed E-state index contributed by atoms with van der Waals surface area (Å²) < 4.78 is 53.7. The molecule has 0 bridgehead atoms. The number of para-hydroxylation sites is 2. The molecule has 0 saturated carbocycles. The Morgan fingerprint density at radius 2 is 1.05 bits per heavy atom. The van der Waals surface area contributed by atoms with Crippen molar-refractivity contribution in [2.75, 3.05) is 10.6 Å². The standard InChI is InChI=1S/2C11H10N4O4S2.Zn/c2*1-7(16)13-10-14-15-11(20-10)21(18,19)12-6-8-4-2-3-5-9(8)17;/h2*2-6,17H,1H3,(H,13,14,16);/q;;+2/p-2/b2*12-6+;. The first-order valence-electron chi connectivity index (χ1n) is 11.1. The van der Waals surface area contributed by atoms with E-state index in [2.05, 4.69) is 39.8 Å². The largest absolute Gasteiger partial charge is 2.00 e. The number of sulfonamides is 2. The predicted molar refractivity (Wildman–Crippen MR) is 150 cm³/mol. The fraction of sp³-hybridized carbons (Fsp3) is 0.0909. The van der Waals surface area contributed by atoms with Crippen LogP contribution in [0.25, 0.3) is 0 Å². The van der Waals surface area contributed by atoms with E-state index in [9.17, 15) is 36.6 Å². The van der Waals surface area contributed by atoms with Gasteiger partial charge < -0.3 is 20.8 Å². The zero-order valence-electron chi connectivity index (χ0n) is 22.1. The number of hydrogen-bond acceptors (Lipinski definition) is 14. The Morgan fingerprint density at radius 1 is 0.698 bits per heavy atom. The molecule has 0 radical (unpaired) electrons. The van der Waals surface area contributed by atoms with E-state index in [0.717, 1.165) is 12.4 Å². The molecule has 0 saturated heterocycles. The number of carbonyl (C=O) groups excluding carboxylic acids is 2. The van der Waals surface area contributed by atoms with Crippen LogP contribution >= 0.6 is 22.7 Å². The van der Waals surface area contributed by atoms with Gasteiger partial charge in [0.2, 0.25) is 22.1 Å². The second kappa shape index (κ2) is 15.4. The van der Waals surface area contributed by atoms with Gasteiger partial charge in [0.1, 0.15) is 0 Å². The van der Waals surface area contributed by atoms with Crippen LogP contribution in [0.1, 0.15) is 25.0 Å². The maximum Gasteiger partial charge on any atom is 2.00 e. The molecule has 16 nitrogen and oxygen atoms in total. The van der Waals surface area contributed by atoms with Crippen LogP contribution in [0.5, 0.6) is 11.5 Å². The van der Waals surface area contributed by atoms with Crippen LogP contribution < -0.4 is 20.8 Å². The summed E-state index contributed by atoms with van der Waals surface area (Å²) in [7, 11) is -8.13. The van der Waals surface area contributed by atoms with Gasteiger partial charge in [0, 0.05) is 26.3 Å². The van der Waals surface area contributed by atoms with E-state index in [1.54, 1.807) is 24.3 Å². The Hall–Kier alpha value is -4.04. The number of aromatic nitrogens is 4. The molecule has 43 heavy (non-hydrogen) atoms. The minimum Gasteiger partial charge on any atom is -0.872 e. The third-order valence-electron chi connectivity index (χ3n) is 4.32. The van der Waals surface area contributed by atoms with Crippen LogP contribution in [0, 0.1) is 0 Å². The number of rotatable bonds is 8. The van der Waals surface area contributed by atoms with E-state index in [1.807, 2.05) is 0 Å². The van der Waals surface area contributed by atoms with Crippen molar-refractivity contribution < 1.29 is 56.1 Å². The van der Waals surface area contributed by atoms with Gasteiger partial charge in [-0.1, -0.05) is 71.2 Å². The van der Waals surface area contributed by atoms with E-state index >= 15 is 0 Å². The maximum atomic E-state index is 11.9. The first-order chi connectivity index (χ1) is 19.8. The van der Waals surface area contributed by atoms with Crippen LogP contribution in [-0.4, -0.2) is 61.5 Å². The molecule has 2 amide bonds. The fourth-order valence-corrected chi connectivity index (χ4v) is 6.14. The second-order valence-corrected chi connectivity index (χ2v) is 13.2. The number of amides is 2. The number of benzene rings is 2. The summed E-state index contributed by atoms with van der Waals surface area (Å²) in [4.78, 5) is 21.7. The normalized spacial score (nSPS) is 11.4. The van der Waals surface area contributed by atoms with E-state index in [1.165, 1.54) is 38.1 Å². The summed E-state index contributed by atoms with van der Waals surface area (Å²) in [5, 5.41) is 41.6. The van der Waals surface area contributed by atoms with Gasteiger partial charge in [0.05, 0.1) is 0 Å². The molecule has 0 aliphatic rings. The van der Waals surface area contributed by atoms with Crippen LogP contribution in [0.15, 0.2) is 66.0 Å². The van der Waals surface area contributed by atoms with Gasteiger partial charge in [0.15, 0.2) is 0 Å². The van der Waals surface area contributed by atoms with Crippen molar-refractivity contribution in [1.82, 2.24) is 20.4 Å². The summed E-state index contributed by atoms with van der Waals surface area (Å²) in [6.07, 6.45) is 1.91. The number of carbonyl (C=O) groups is 2. The molecular formula is C22H18N8O8S4Zn. The number of nitrogens with one attached hydrogen (secondary N) is 2. The van der Waals surface area contributed by atoms with Crippen molar-refractivity contribution in [2.24, 2.45) is 8.80 Å². The van der Waals surface area contributed by atoms with Crippen LogP contribution in [0.4, 0.5) is 10.3 Å². The Morgan fingerprint density at radius 3 is 1.37 bits per heavy atom. The molecule has 2 heterocycles. The maximum absolute atomic E-state index is 11.9. The van der Waals surface area contributed by atoms with E-state index in [4.69, 9.17) is 0 Å². The van der Waals surface area contributed by atoms with Gasteiger partial charge in [-0.05, 0) is 11.1 Å². The number of anilines is 2. The van der Waals surface area contributed by atoms with Gasteiger partial charge in [-0.25, -0.2) is 0 Å². The molecule has 2 N–H and O–H groups in total. The second-order valence-electron chi connectivity index (χ2n) is 7.60. The molecule has 0 spiro atoms. The molecule has 0 aliphatic heterocycles. The van der Waals surface area contributed by atoms with E-state index in [0.29, 0.717) is 22.7 Å². The molecule has 2 aromatic heterocycles. The summed E-state index contributed by atoms with van der Waals surface area (Å²) in [6, 6.07) is 11.8. The smallest absolute Gasteiger partial charge is 0.872 e. The van der Waals surface area contributed by atoms with Gasteiger partial charge in [-0.2, -0.15) is 25.6 Å². The topological polar surface area (TPSA) is 249 Å².